The van der Waals surface area contributed by atoms with E-state index >= 15 is 0 Å². The number of benzene rings is 1. The molecule has 1 N–H and O–H groups in total. The quantitative estimate of drug-likeness (QED) is 0.904. The van der Waals surface area contributed by atoms with Crippen molar-refractivity contribution in [2.24, 2.45) is 0 Å². The number of rotatable bonds is 5. The van der Waals surface area contributed by atoms with Gasteiger partial charge in [0, 0.05) is 32.7 Å². The van der Waals surface area contributed by atoms with Crippen LogP contribution in [0.3, 0.4) is 0 Å². The van der Waals surface area contributed by atoms with Crippen LogP contribution < -0.4 is 5.32 Å². The molecule has 0 spiro atoms. The Bertz CT molecular complexity index is 436. The van der Waals surface area contributed by atoms with Gasteiger partial charge in [0.1, 0.15) is 0 Å². The highest BCUT2D eigenvalue weighted by molar-refractivity contribution is 5.74. The van der Waals surface area contributed by atoms with E-state index in [9.17, 15) is 4.79 Å². The number of carbonyl (C=O) groups is 1. The second kappa shape index (κ2) is 8.03. The van der Waals surface area contributed by atoms with E-state index in [0.717, 1.165) is 38.3 Å². The maximum Gasteiger partial charge on any atom is 0.317 e. The standard InChI is InChI=1S/C17H27N3O/c1-3-4-9-19-10-12-20(13-11-19)17(21)18-14-16-7-5-15(2)6-8-16/h5-8H,3-4,9-14H2,1-2H3,(H,18,21). The average molecular weight is 289 g/mol. The number of nitrogens with zero attached hydrogens (tertiary/aromatic N) is 2. The summed E-state index contributed by atoms with van der Waals surface area (Å²) in [7, 11) is 0. The average Bonchev–Trinajstić information content (AvgIpc) is 2.52. The fraction of sp³-hybridized carbons (Fsp3) is 0.588. The molecule has 2 amide bonds. The van der Waals surface area contributed by atoms with Gasteiger partial charge in [-0.2, -0.15) is 0 Å². The number of aryl methyl sites for hydroxylation is 1. The molecule has 1 aliphatic heterocycles. The Labute approximate surface area is 128 Å². The van der Waals surface area contributed by atoms with Crippen LogP contribution in [0.4, 0.5) is 4.79 Å². The summed E-state index contributed by atoms with van der Waals surface area (Å²) in [5, 5.41) is 3.01. The third-order valence-corrected chi connectivity index (χ3v) is 4.05. The third-order valence-electron chi connectivity index (χ3n) is 4.05. The number of unbranched alkanes of at least 4 members (excludes halogenated alkanes) is 1. The first kappa shape index (κ1) is 15.8. The molecule has 0 unspecified atom stereocenters. The molecule has 1 fully saturated rings. The maximum atomic E-state index is 12.2. The normalized spacial score (nSPS) is 16.0. The topological polar surface area (TPSA) is 35.6 Å². The van der Waals surface area contributed by atoms with Crippen molar-refractivity contribution in [3.8, 4) is 0 Å². The SMILES string of the molecule is CCCCN1CCN(C(=O)NCc2ccc(C)cc2)CC1. The van der Waals surface area contributed by atoms with Gasteiger partial charge in [-0.1, -0.05) is 43.2 Å². The first-order valence-corrected chi connectivity index (χ1v) is 7.99. The molecule has 2 rings (SSSR count). The number of amides is 2. The van der Waals surface area contributed by atoms with Crippen LogP contribution in [0.25, 0.3) is 0 Å². The molecule has 1 aromatic carbocycles. The van der Waals surface area contributed by atoms with Crippen LogP contribution >= 0.6 is 0 Å². The maximum absolute atomic E-state index is 12.2. The van der Waals surface area contributed by atoms with Crippen LogP contribution in [0.1, 0.15) is 30.9 Å². The second-order valence-corrected chi connectivity index (χ2v) is 5.83. The molecule has 1 aliphatic rings. The lowest BCUT2D eigenvalue weighted by molar-refractivity contribution is 0.138. The summed E-state index contributed by atoms with van der Waals surface area (Å²) in [4.78, 5) is 16.5. The summed E-state index contributed by atoms with van der Waals surface area (Å²) in [5.74, 6) is 0. The number of carbonyl (C=O) groups excluding carboxylic acids is 1. The van der Waals surface area contributed by atoms with Gasteiger partial charge >= 0.3 is 6.03 Å². The van der Waals surface area contributed by atoms with E-state index < -0.39 is 0 Å². The molecular formula is C17H27N3O. The molecule has 4 heteroatoms. The summed E-state index contributed by atoms with van der Waals surface area (Å²) in [6.07, 6.45) is 2.48. The Balaban J connectivity index is 1.71. The molecule has 0 aliphatic carbocycles. The number of hydrogen-bond acceptors (Lipinski definition) is 2. The monoisotopic (exact) mass is 289 g/mol. The lowest BCUT2D eigenvalue weighted by Crippen LogP contribution is -2.51. The van der Waals surface area contributed by atoms with Gasteiger partial charge in [0.15, 0.2) is 0 Å². The zero-order valence-electron chi connectivity index (χ0n) is 13.3. The first-order valence-electron chi connectivity index (χ1n) is 7.99. The molecule has 21 heavy (non-hydrogen) atoms. The summed E-state index contributed by atoms with van der Waals surface area (Å²) in [6, 6.07) is 8.35. The third kappa shape index (κ3) is 5.05. The van der Waals surface area contributed by atoms with Gasteiger partial charge < -0.3 is 10.2 Å². The number of hydrogen-bond donors (Lipinski definition) is 1. The van der Waals surface area contributed by atoms with E-state index in [1.54, 1.807) is 0 Å². The van der Waals surface area contributed by atoms with E-state index in [4.69, 9.17) is 0 Å². The van der Waals surface area contributed by atoms with Crippen molar-refractivity contribution in [3.05, 3.63) is 35.4 Å². The molecule has 0 saturated carbocycles. The molecule has 1 saturated heterocycles. The van der Waals surface area contributed by atoms with Crippen molar-refractivity contribution < 1.29 is 4.79 Å². The predicted molar refractivity (Wildman–Crippen MR) is 86.3 cm³/mol. The Morgan fingerprint density at radius 1 is 1.14 bits per heavy atom. The summed E-state index contributed by atoms with van der Waals surface area (Å²) in [5.41, 5.74) is 2.39. The van der Waals surface area contributed by atoms with Gasteiger partial charge in [0.05, 0.1) is 0 Å². The number of urea groups is 1. The summed E-state index contributed by atoms with van der Waals surface area (Å²) >= 11 is 0. The van der Waals surface area contributed by atoms with Crippen LogP contribution in [0.5, 0.6) is 0 Å². The Hall–Kier alpha value is -1.55. The predicted octanol–water partition coefficient (Wildman–Crippen LogP) is 2.62. The molecule has 1 aromatic rings. The Kier molecular flexibility index (Phi) is 6.05. The van der Waals surface area contributed by atoms with E-state index in [1.165, 1.54) is 18.4 Å². The zero-order valence-corrected chi connectivity index (χ0v) is 13.3. The molecule has 4 nitrogen and oxygen atoms in total. The lowest BCUT2D eigenvalue weighted by atomic mass is 10.1. The highest BCUT2D eigenvalue weighted by Crippen LogP contribution is 2.05. The van der Waals surface area contributed by atoms with Crippen LogP contribution in [0, 0.1) is 6.92 Å². The van der Waals surface area contributed by atoms with Gasteiger partial charge in [-0.05, 0) is 25.5 Å². The van der Waals surface area contributed by atoms with Crippen molar-refractivity contribution >= 4 is 6.03 Å². The van der Waals surface area contributed by atoms with Gasteiger partial charge in [0.25, 0.3) is 0 Å². The highest BCUT2D eigenvalue weighted by Gasteiger charge is 2.20. The van der Waals surface area contributed by atoms with E-state index in [1.807, 2.05) is 4.90 Å². The molecular weight excluding hydrogens is 262 g/mol. The van der Waals surface area contributed by atoms with Crippen molar-refractivity contribution in [1.82, 2.24) is 15.1 Å². The molecule has 0 aromatic heterocycles. The fourth-order valence-corrected chi connectivity index (χ4v) is 2.55. The van der Waals surface area contributed by atoms with Crippen LogP contribution in [-0.4, -0.2) is 48.6 Å². The van der Waals surface area contributed by atoms with Gasteiger partial charge in [0.2, 0.25) is 0 Å². The minimum Gasteiger partial charge on any atom is -0.334 e. The van der Waals surface area contributed by atoms with Gasteiger partial charge in [-0.3, -0.25) is 4.90 Å². The van der Waals surface area contributed by atoms with E-state index in [0.29, 0.717) is 6.54 Å². The molecule has 116 valence electrons. The van der Waals surface area contributed by atoms with Crippen molar-refractivity contribution in [3.63, 3.8) is 0 Å². The Morgan fingerprint density at radius 3 is 2.43 bits per heavy atom. The summed E-state index contributed by atoms with van der Waals surface area (Å²) in [6.45, 7) is 9.72. The van der Waals surface area contributed by atoms with Crippen LogP contribution in [-0.2, 0) is 6.54 Å². The van der Waals surface area contributed by atoms with Gasteiger partial charge in [-0.25, -0.2) is 4.79 Å². The largest absolute Gasteiger partial charge is 0.334 e. The molecule has 0 bridgehead atoms. The van der Waals surface area contributed by atoms with Crippen molar-refractivity contribution in [1.29, 1.82) is 0 Å². The minimum absolute atomic E-state index is 0.0608. The molecule has 1 heterocycles. The Morgan fingerprint density at radius 2 is 1.81 bits per heavy atom. The van der Waals surface area contributed by atoms with Crippen LogP contribution in [0.15, 0.2) is 24.3 Å². The minimum atomic E-state index is 0.0608. The highest BCUT2D eigenvalue weighted by atomic mass is 16.2. The zero-order chi connectivity index (χ0) is 15.1. The van der Waals surface area contributed by atoms with Crippen LogP contribution in [0.2, 0.25) is 0 Å². The molecule has 0 radical (unpaired) electrons. The summed E-state index contributed by atoms with van der Waals surface area (Å²) < 4.78 is 0. The van der Waals surface area contributed by atoms with E-state index in [2.05, 4.69) is 48.3 Å². The van der Waals surface area contributed by atoms with Crippen molar-refractivity contribution in [2.75, 3.05) is 32.7 Å². The first-order chi connectivity index (χ1) is 10.2. The lowest BCUT2D eigenvalue weighted by Gasteiger charge is -2.34. The molecule has 0 atom stereocenters. The van der Waals surface area contributed by atoms with Crippen molar-refractivity contribution in [2.45, 2.75) is 33.2 Å². The van der Waals surface area contributed by atoms with E-state index in [-0.39, 0.29) is 6.03 Å². The fourth-order valence-electron chi connectivity index (χ4n) is 2.55. The number of piperazine rings is 1. The smallest absolute Gasteiger partial charge is 0.317 e. The second-order valence-electron chi connectivity index (χ2n) is 5.83. The number of nitrogens with one attached hydrogen (secondary N) is 1. The van der Waals surface area contributed by atoms with Gasteiger partial charge in [-0.15, -0.1) is 0 Å².